The van der Waals surface area contributed by atoms with Crippen molar-refractivity contribution in [3.63, 3.8) is 0 Å². The van der Waals surface area contributed by atoms with Gasteiger partial charge in [0, 0.05) is 19.1 Å². The molecule has 3 fully saturated rings. The molecule has 1 spiro atoms. The Bertz CT molecular complexity index is 543. The van der Waals surface area contributed by atoms with Crippen LogP contribution in [0.1, 0.15) is 33.6 Å². The average molecular weight is 366 g/mol. The summed E-state index contributed by atoms with van der Waals surface area (Å²) in [6.07, 6.45) is -4.30. The van der Waals surface area contributed by atoms with Crippen LogP contribution in [0.25, 0.3) is 0 Å². The summed E-state index contributed by atoms with van der Waals surface area (Å²) in [5.41, 5.74) is -1.64. The van der Waals surface area contributed by atoms with E-state index in [-0.39, 0.29) is 24.4 Å². The van der Waals surface area contributed by atoms with Gasteiger partial charge in [0.1, 0.15) is 23.9 Å². The second kappa shape index (κ2) is 5.90. The fourth-order valence-corrected chi connectivity index (χ4v) is 4.47. The van der Waals surface area contributed by atoms with Crippen molar-refractivity contribution >= 4 is 5.78 Å². The largest absolute Gasteiger partial charge is 0.411 e. The number of Topliss-reactive ketones (excluding diaryl/α,β-unsaturated/α-hetero) is 1. The monoisotopic (exact) mass is 366 g/mol. The van der Waals surface area contributed by atoms with Crippen molar-refractivity contribution in [2.45, 2.75) is 63.2 Å². The molecule has 0 radical (unpaired) electrons. The second-order valence-corrected chi connectivity index (χ2v) is 8.16. The molecule has 0 N–H and O–H groups in total. The zero-order chi connectivity index (χ0) is 18.7. The Morgan fingerprint density at radius 3 is 2.44 bits per heavy atom. The standard InChI is InChI=1S/C17H25F3O5/c1-14(2)7-16(8-24-16)12(11(22-4)13(14)21)15(3)10(25-15)5-6-23-9-17(18,19)20/h10-12H,5-9H2,1-4H3/t10-,11+,12-,15+,16+/m1/s1. The second-order valence-electron chi connectivity index (χ2n) is 8.16. The molecule has 1 saturated carbocycles. The Morgan fingerprint density at radius 1 is 1.28 bits per heavy atom. The topological polar surface area (TPSA) is 60.6 Å². The van der Waals surface area contributed by atoms with Gasteiger partial charge in [0.15, 0.2) is 5.78 Å². The first-order chi connectivity index (χ1) is 11.5. The van der Waals surface area contributed by atoms with Crippen LogP contribution in [0.4, 0.5) is 13.2 Å². The number of rotatable bonds is 6. The zero-order valence-corrected chi connectivity index (χ0v) is 14.9. The third-order valence-corrected chi connectivity index (χ3v) is 5.69. The van der Waals surface area contributed by atoms with Crippen LogP contribution >= 0.6 is 0 Å². The molecule has 2 heterocycles. The number of ketones is 1. The lowest BCUT2D eigenvalue weighted by atomic mass is 9.60. The molecule has 144 valence electrons. The highest BCUT2D eigenvalue weighted by molar-refractivity contribution is 5.90. The third-order valence-electron chi connectivity index (χ3n) is 5.69. The number of hydrogen-bond donors (Lipinski definition) is 0. The van der Waals surface area contributed by atoms with Crippen molar-refractivity contribution in [2.75, 3.05) is 26.9 Å². The number of carbonyl (C=O) groups is 1. The highest BCUT2D eigenvalue weighted by atomic mass is 19.4. The van der Waals surface area contributed by atoms with E-state index in [4.69, 9.17) is 14.2 Å². The predicted molar refractivity (Wildman–Crippen MR) is 81.1 cm³/mol. The van der Waals surface area contributed by atoms with Gasteiger partial charge >= 0.3 is 6.18 Å². The third kappa shape index (κ3) is 3.46. The van der Waals surface area contributed by atoms with Crippen molar-refractivity contribution in [1.29, 1.82) is 0 Å². The lowest BCUT2D eigenvalue weighted by Crippen LogP contribution is -2.58. The molecule has 3 rings (SSSR count). The number of alkyl halides is 3. The molecular weight excluding hydrogens is 341 g/mol. The molecule has 0 unspecified atom stereocenters. The van der Waals surface area contributed by atoms with E-state index < -0.39 is 35.5 Å². The summed E-state index contributed by atoms with van der Waals surface area (Å²) in [5, 5.41) is 0. The molecule has 5 nitrogen and oxygen atoms in total. The summed E-state index contributed by atoms with van der Waals surface area (Å²) >= 11 is 0. The molecule has 2 aliphatic heterocycles. The SMILES string of the molecule is CO[C@@H]1C(=O)C(C)(C)C[C@]2(CO2)[C@H]1[C@@]1(C)O[C@@H]1CCOCC(F)(F)F. The predicted octanol–water partition coefficient (Wildman–Crippen LogP) is 2.51. The smallest absolute Gasteiger partial charge is 0.373 e. The van der Waals surface area contributed by atoms with Crippen LogP contribution in [0, 0.1) is 11.3 Å². The normalized spacial score (nSPS) is 42.7. The van der Waals surface area contributed by atoms with Gasteiger partial charge in [-0.3, -0.25) is 4.79 Å². The summed E-state index contributed by atoms with van der Waals surface area (Å²) in [5.74, 6) is -0.247. The van der Waals surface area contributed by atoms with E-state index in [1.54, 1.807) is 0 Å². The van der Waals surface area contributed by atoms with Crippen LogP contribution in [0.3, 0.4) is 0 Å². The van der Waals surface area contributed by atoms with Gasteiger partial charge in [-0.2, -0.15) is 13.2 Å². The van der Waals surface area contributed by atoms with Crippen LogP contribution in [0.15, 0.2) is 0 Å². The maximum Gasteiger partial charge on any atom is 0.411 e. The summed E-state index contributed by atoms with van der Waals surface area (Å²) in [6.45, 7) is 4.90. The summed E-state index contributed by atoms with van der Waals surface area (Å²) in [6, 6.07) is 0. The van der Waals surface area contributed by atoms with Crippen molar-refractivity contribution in [3.8, 4) is 0 Å². The van der Waals surface area contributed by atoms with E-state index in [1.807, 2.05) is 20.8 Å². The van der Waals surface area contributed by atoms with Gasteiger partial charge in [-0.1, -0.05) is 13.8 Å². The number of methoxy groups -OCH3 is 1. The van der Waals surface area contributed by atoms with E-state index >= 15 is 0 Å². The molecule has 25 heavy (non-hydrogen) atoms. The van der Waals surface area contributed by atoms with Crippen molar-refractivity contribution < 1.29 is 36.9 Å². The van der Waals surface area contributed by atoms with Gasteiger partial charge in [-0.25, -0.2) is 0 Å². The first kappa shape index (κ1) is 19.1. The van der Waals surface area contributed by atoms with Gasteiger partial charge in [0.05, 0.1) is 18.6 Å². The Labute approximate surface area is 145 Å². The number of ether oxygens (including phenoxy) is 4. The van der Waals surface area contributed by atoms with Gasteiger partial charge < -0.3 is 18.9 Å². The van der Waals surface area contributed by atoms with Gasteiger partial charge in [-0.05, 0) is 19.8 Å². The maximum atomic E-state index is 12.8. The molecular formula is C17H25F3O5. The number of hydrogen-bond acceptors (Lipinski definition) is 5. The van der Waals surface area contributed by atoms with E-state index in [0.29, 0.717) is 19.4 Å². The molecule has 2 saturated heterocycles. The van der Waals surface area contributed by atoms with E-state index in [0.717, 1.165) is 0 Å². The molecule has 5 atom stereocenters. The Kier molecular flexibility index (Phi) is 4.50. The van der Waals surface area contributed by atoms with Gasteiger partial charge in [0.25, 0.3) is 0 Å². The fourth-order valence-electron chi connectivity index (χ4n) is 4.47. The Hall–Kier alpha value is -0.700. The molecule has 0 aromatic rings. The van der Waals surface area contributed by atoms with Crippen molar-refractivity contribution in [3.05, 3.63) is 0 Å². The highest BCUT2D eigenvalue weighted by Gasteiger charge is 2.74. The quantitative estimate of drug-likeness (QED) is 0.534. The van der Waals surface area contributed by atoms with Crippen LogP contribution in [-0.4, -0.2) is 62.3 Å². The Balaban J connectivity index is 1.65. The summed E-state index contributed by atoms with van der Waals surface area (Å²) in [4.78, 5) is 12.8. The van der Waals surface area contributed by atoms with Crippen LogP contribution in [0.5, 0.6) is 0 Å². The minimum Gasteiger partial charge on any atom is -0.373 e. The number of carbonyl (C=O) groups excluding carboxylic acids is 1. The maximum absolute atomic E-state index is 12.8. The van der Waals surface area contributed by atoms with Crippen molar-refractivity contribution in [1.82, 2.24) is 0 Å². The first-order valence-electron chi connectivity index (χ1n) is 8.49. The van der Waals surface area contributed by atoms with Crippen molar-refractivity contribution in [2.24, 2.45) is 11.3 Å². The summed E-state index contributed by atoms with van der Waals surface area (Å²) in [7, 11) is 1.50. The van der Waals surface area contributed by atoms with E-state index in [9.17, 15) is 18.0 Å². The average Bonchev–Trinajstić information content (AvgIpc) is 3.37. The lowest BCUT2D eigenvalue weighted by Gasteiger charge is -2.44. The molecule has 0 aromatic heterocycles. The highest BCUT2D eigenvalue weighted by Crippen LogP contribution is 2.61. The fraction of sp³-hybridized carbons (Fsp3) is 0.941. The molecule has 8 heteroatoms. The molecule has 0 bridgehead atoms. The minimum atomic E-state index is -4.33. The van der Waals surface area contributed by atoms with E-state index in [2.05, 4.69) is 4.74 Å². The van der Waals surface area contributed by atoms with E-state index in [1.165, 1.54) is 7.11 Å². The van der Waals surface area contributed by atoms with Gasteiger partial charge in [0.2, 0.25) is 0 Å². The first-order valence-corrected chi connectivity index (χ1v) is 8.49. The molecule has 0 amide bonds. The zero-order valence-electron chi connectivity index (χ0n) is 14.9. The molecule has 0 aromatic carbocycles. The van der Waals surface area contributed by atoms with Crippen LogP contribution < -0.4 is 0 Å². The Morgan fingerprint density at radius 2 is 1.92 bits per heavy atom. The lowest BCUT2D eigenvalue weighted by molar-refractivity contribution is -0.174. The number of halogens is 3. The molecule has 1 aliphatic carbocycles. The molecule has 3 aliphatic rings. The van der Waals surface area contributed by atoms with Crippen LogP contribution in [-0.2, 0) is 23.7 Å². The number of epoxide rings is 2. The van der Waals surface area contributed by atoms with Gasteiger partial charge in [-0.15, -0.1) is 0 Å². The minimum absolute atomic E-state index is 0.0184. The van der Waals surface area contributed by atoms with Crippen LogP contribution in [0.2, 0.25) is 0 Å². The summed E-state index contributed by atoms with van der Waals surface area (Å²) < 4.78 is 58.2.